The molecule has 1 fully saturated rings. The number of ether oxygens (including phenoxy) is 1. The van der Waals surface area contributed by atoms with Gasteiger partial charge in [0, 0.05) is 0 Å². The first-order valence-electron chi connectivity index (χ1n) is 6.12. The first-order chi connectivity index (χ1) is 8.09. The van der Waals surface area contributed by atoms with Gasteiger partial charge in [-0.25, -0.2) is 4.79 Å². The fourth-order valence-electron chi connectivity index (χ4n) is 2.14. The van der Waals surface area contributed by atoms with E-state index < -0.39 is 5.54 Å². The van der Waals surface area contributed by atoms with Crippen LogP contribution in [-0.2, 0) is 15.1 Å². The van der Waals surface area contributed by atoms with Crippen molar-refractivity contribution in [2.24, 2.45) is 11.7 Å². The second-order valence-electron chi connectivity index (χ2n) is 4.73. The number of aryl methyl sites for hydroxylation is 1. The lowest BCUT2D eigenvalue weighted by Gasteiger charge is -2.27. The number of hydrogen-bond acceptors (Lipinski definition) is 3. The largest absolute Gasteiger partial charge is 0.464 e. The van der Waals surface area contributed by atoms with Crippen molar-refractivity contribution in [3.8, 4) is 0 Å². The van der Waals surface area contributed by atoms with Crippen molar-refractivity contribution < 1.29 is 9.53 Å². The lowest BCUT2D eigenvalue weighted by Crippen LogP contribution is -2.48. The van der Waals surface area contributed by atoms with Crippen molar-refractivity contribution >= 4 is 5.97 Å². The second-order valence-corrected chi connectivity index (χ2v) is 4.73. The molecule has 2 rings (SSSR count). The molecule has 1 unspecified atom stereocenters. The summed E-state index contributed by atoms with van der Waals surface area (Å²) in [4.78, 5) is 12.1. The molecule has 1 aliphatic rings. The van der Waals surface area contributed by atoms with Gasteiger partial charge in [0.05, 0.1) is 6.61 Å². The van der Waals surface area contributed by atoms with E-state index in [2.05, 4.69) is 0 Å². The zero-order chi connectivity index (χ0) is 12.5. The Balaban J connectivity index is 2.33. The van der Waals surface area contributed by atoms with Gasteiger partial charge in [-0.2, -0.15) is 0 Å². The highest BCUT2D eigenvalue weighted by Crippen LogP contribution is 2.44. The number of nitrogens with two attached hydrogens (primary N) is 1. The fourth-order valence-corrected chi connectivity index (χ4v) is 2.14. The monoisotopic (exact) mass is 233 g/mol. The Morgan fingerprint density at radius 1 is 1.41 bits per heavy atom. The fraction of sp³-hybridized carbons (Fsp3) is 0.500. The van der Waals surface area contributed by atoms with Crippen LogP contribution in [0.5, 0.6) is 0 Å². The summed E-state index contributed by atoms with van der Waals surface area (Å²) >= 11 is 0. The van der Waals surface area contributed by atoms with Crippen LogP contribution in [0.25, 0.3) is 0 Å². The summed E-state index contributed by atoms with van der Waals surface area (Å²) in [5, 5.41) is 0. The van der Waals surface area contributed by atoms with Crippen LogP contribution in [0.2, 0.25) is 0 Å². The molecule has 0 heterocycles. The van der Waals surface area contributed by atoms with Crippen molar-refractivity contribution in [2.75, 3.05) is 6.61 Å². The molecular formula is C14H19NO2. The number of esters is 1. The van der Waals surface area contributed by atoms with Gasteiger partial charge in [-0.3, -0.25) is 0 Å². The van der Waals surface area contributed by atoms with Gasteiger partial charge in [-0.15, -0.1) is 0 Å². The molecule has 0 bridgehead atoms. The van der Waals surface area contributed by atoms with E-state index in [-0.39, 0.29) is 11.9 Å². The molecule has 2 N–H and O–H groups in total. The number of hydrogen-bond donors (Lipinski definition) is 1. The third-order valence-electron chi connectivity index (χ3n) is 3.36. The zero-order valence-corrected chi connectivity index (χ0v) is 10.4. The summed E-state index contributed by atoms with van der Waals surface area (Å²) in [5.74, 6) is -0.0735. The molecule has 3 heteroatoms. The van der Waals surface area contributed by atoms with Crippen LogP contribution in [0.3, 0.4) is 0 Å². The van der Waals surface area contributed by atoms with Crippen molar-refractivity contribution in [3.05, 3.63) is 35.4 Å². The minimum absolute atomic E-state index is 0.226. The summed E-state index contributed by atoms with van der Waals surface area (Å²) in [7, 11) is 0. The summed E-state index contributed by atoms with van der Waals surface area (Å²) in [6, 6.07) is 7.84. The molecule has 0 spiro atoms. The average Bonchev–Trinajstić information content (AvgIpc) is 3.13. The molecule has 0 radical (unpaired) electrons. The van der Waals surface area contributed by atoms with Crippen LogP contribution in [0.4, 0.5) is 0 Å². The number of benzene rings is 1. The van der Waals surface area contributed by atoms with E-state index in [1.54, 1.807) is 6.92 Å². The molecule has 0 saturated heterocycles. The van der Waals surface area contributed by atoms with Crippen LogP contribution in [0.1, 0.15) is 30.9 Å². The van der Waals surface area contributed by atoms with Gasteiger partial charge in [0.15, 0.2) is 0 Å². The van der Waals surface area contributed by atoms with Crippen molar-refractivity contribution in [1.82, 2.24) is 0 Å². The standard InChI is InChI=1S/C14H19NO2/c1-3-17-13(16)14(15,12-8-9-12)11-6-4-10(2)5-7-11/h4-7,12H,3,8-9,15H2,1-2H3. The van der Waals surface area contributed by atoms with E-state index >= 15 is 0 Å². The molecule has 17 heavy (non-hydrogen) atoms. The first-order valence-corrected chi connectivity index (χ1v) is 6.12. The molecule has 0 aliphatic heterocycles. The minimum atomic E-state index is -0.955. The first kappa shape index (κ1) is 12.1. The van der Waals surface area contributed by atoms with E-state index in [0.717, 1.165) is 24.0 Å². The van der Waals surface area contributed by atoms with E-state index in [9.17, 15) is 4.79 Å². The Labute approximate surface area is 102 Å². The maximum atomic E-state index is 12.1. The Morgan fingerprint density at radius 3 is 2.47 bits per heavy atom. The molecule has 0 aromatic heterocycles. The highest BCUT2D eigenvalue weighted by molar-refractivity contribution is 5.83. The van der Waals surface area contributed by atoms with Gasteiger partial charge in [0.1, 0.15) is 5.54 Å². The molecule has 92 valence electrons. The maximum Gasteiger partial charge on any atom is 0.331 e. The Bertz CT molecular complexity index is 409. The van der Waals surface area contributed by atoms with Gasteiger partial charge < -0.3 is 10.5 Å². The van der Waals surface area contributed by atoms with Crippen molar-refractivity contribution in [3.63, 3.8) is 0 Å². The number of carbonyl (C=O) groups excluding carboxylic acids is 1. The van der Waals surface area contributed by atoms with Gasteiger partial charge in [-0.1, -0.05) is 29.8 Å². The molecule has 1 aliphatic carbocycles. The second kappa shape index (κ2) is 4.49. The third kappa shape index (κ3) is 2.20. The van der Waals surface area contributed by atoms with Crippen LogP contribution < -0.4 is 5.73 Å². The van der Waals surface area contributed by atoms with Crippen LogP contribution in [0.15, 0.2) is 24.3 Å². The predicted octanol–water partition coefficient (Wildman–Crippen LogP) is 2.12. The van der Waals surface area contributed by atoms with E-state index in [4.69, 9.17) is 10.5 Å². The van der Waals surface area contributed by atoms with Gasteiger partial charge >= 0.3 is 5.97 Å². The number of carbonyl (C=O) groups is 1. The predicted molar refractivity (Wildman–Crippen MR) is 66.4 cm³/mol. The summed E-state index contributed by atoms with van der Waals surface area (Å²) < 4.78 is 5.13. The summed E-state index contributed by atoms with van der Waals surface area (Å²) in [5.41, 5.74) is 7.40. The molecular weight excluding hydrogens is 214 g/mol. The quantitative estimate of drug-likeness (QED) is 0.810. The molecule has 1 atom stereocenters. The van der Waals surface area contributed by atoms with Crippen molar-refractivity contribution in [1.29, 1.82) is 0 Å². The van der Waals surface area contributed by atoms with Gasteiger partial charge in [0.2, 0.25) is 0 Å². The van der Waals surface area contributed by atoms with Crippen LogP contribution in [0, 0.1) is 12.8 Å². The lowest BCUT2D eigenvalue weighted by molar-refractivity contribution is -0.151. The molecule has 1 saturated carbocycles. The summed E-state index contributed by atoms with van der Waals surface area (Å²) in [6.45, 7) is 4.19. The summed E-state index contributed by atoms with van der Waals surface area (Å²) in [6.07, 6.45) is 2.01. The molecule has 1 aromatic carbocycles. The normalized spacial score (nSPS) is 18.5. The van der Waals surface area contributed by atoms with Crippen LogP contribution in [-0.4, -0.2) is 12.6 Å². The van der Waals surface area contributed by atoms with Gasteiger partial charge in [0.25, 0.3) is 0 Å². The Hall–Kier alpha value is -1.35. The average molecular weight is 233 g/mol. The molecule has 0 amide bonds. The zero-order valence-electron chi connectivity index (χ0n) is 10.4. The van der Waals surface area contributed by atoms with Gasteiger partial charge in [-0.05, 0) is 38.2 Å². The Morgan fingerprint density at radius 2 is 2.00 bits per heavy atom. The highest BCUT2D eigenvalue weighted by Gasteiger charge is 2.50. The maximum absolute atomic E-state index is 12.1. The molecule has 3 nitrogen and oxygen atoms in total. The van der Waals surface area contributed by atoms with E-state index in [1.165, 1.54) is 0 Å². The van der Waals surface area contributed by atoms with E-state index in [1.807, 2.05) is 31.2 Å². The minimum Gasteiger partial charge on any atom is -0.464 e. The molecule has 1 aromatic rings. The highest BCUT2D eigenvalue weighted by atomic mass is 16.5. The Kier molecular flexibility index (Phi) is 3.20. The van der Waals surface area contributed by atoms with Crippen molar-refractivity contribution in [2.45, 2.75) is 32.2 Å². The topological polar surface area (TPSA) is 52.3 Å². The smallest absolute Gasteiger partial charge is 0.331 e. The van der Waals surface area contributed by atoms with E-state index in [0.29, 0.717) is 6.61 Å². The SMILES string of the molecule is CCOC(=O)C(N)(c1ccc(C)cc1)C1CC1. The number of rotatable bonds is 4. The third-order valence-corrected chi connectivity index (χ3v) is 3.36. The van der Waals surface area contributed by atoms with Crippen LogP contribution >= 0.6 is 0 Å². The lowest BCUT2D eigenvalue weighted by atomic mass is 9.85.